The van der Waals surface area contributed by atoms with Crippen molar-refractivity contribution in [3.63, 3.8) is 0 Å². The number of hydrogen-bond donors (Lipinski definition) is 0. The van der Waals surface area contributed by atoms with Gasteiger partial charge in [0.1, 0.15) is 11.9 Å². The number of hydrogen-bond acceptors (Lipinski definition) is 3. The lowest BCUT2D eigenvalue weighted by Crippen LogP contribution is -2.23. The van der Waals surface area contributed by atoms with Crippen molar-refractivity contribution in [2.45, 2.75) is 26.4 Å². The van der Waals surface area contributed by atoms with Crippen molar-refractivity contribution in [2.75, 3.05) is 0 Å². The first-order chi connectivity index (χ1) is 5.88. The second kappa shape index (κ2) is 3.54. The van der Waals surface area contributed by atoms with Crippen molar-refractivity contribution in [3.8, 4) is 0 Å². The van der Waals surface area contributed by atoms with E-state index in [1.54, 1.807) is 6.07 Å². The maximum Gasteiger partial charge on any atom is 0.374 e. The Hall–Kier alpha value is -0.770. The highest BCUT2D eigenvalue weighted by Gasteiger charge is 2.20. The van der Waals surface area contributed by atoms with Gasteiger partial charge in [-0.1, -0.05) is 0 Å². The summed E-state index contributed by atoms with van der Waals surface area (Å²) in [7, 11) is 0. The highest BCUT2D eigenvalue weighted by molar-refractivity contribution is 9.10. The number of rotatable bonds is 1. The summed E-state index contributed by atoms with van der Waals surface area (Å²) in [5, 5.41) is 0. The largest absolute Gasteiger partial charge is 0.456 e. The van der Waals surface area contributed by atoms with Crippen LogP contribution in [0.2, 0.25) is 0 Å². The van der Waals surface area contributed by atoms with Crippen LogP contribution in [0.25, 0.3) is 0 Å². The van der Waals surface area contributed by atoms with Crippen LogP contribution in [-0.2, 0) is 4.74 Å². The van der Waals surface area contributed by atoms with E-state index >= 15 is 0 Å². The standard InChI is InChI=1S/C9H11BrO3/c1-9(2,3)13-8(11)7-4-6(10)5-12-7/h4-5H,1-3H3. The van der Waals surface area contributed by atoms with Crippen molar-refractivity contribution < 1.29 is 13.9 Å². The van der Waals surface area contributed by atoms with Gasteiger partial charge in [-0.15, -0.1) is 0 Å². The number of carbonyl (C=O) groups is 1. The molecule has 1 heterocycles. The predicted molar refractivity (Wildman–Crippen MR) is 51.6 cm³/mol. The van der Waals surface area contributed by atoms with Gasteiger partial charge in [0, 0.05) is 6.07 Å². The first-order valence-corrected chi connectivity index (χ1v) is 4.65. The first kappa shape index (κ1) is 10.3. The average molecular weight is 247 g/mol. The van der Waals surface area contributed by atoms with Crippen LogP contribution < -0.4 is 0 Å². The van der Waals surface area contributed by atoms with Gasteiger partial charge in [0.15, 0.2) is 0 Å². The molecule has 0 saturated carbocycles. The molecule has 1 aromatic rings. The first-order valence-electron chi connectivity index (χ1n) is 3.86. The summed E-state index contributed by atoms with van der Waals surface area (Å²) in [6.07, 6.45) is 1.44. The van der Waals surface area contributed by atoms with Crippen LogP contribution in [-0.4, -0.2) is 11.6 Å². The Morgan fingerprint density at radius 1 is 1.54 bits per heavy atom. The molecular weight excluding hydrogens is 236 g/mol. The lowest BCUT2D eigenvalue weighted by molar-refractivity contribution is 0.00360. The van der Waals surface area contributed by atoms with Crippen molar-refractivity contribution >= 4 is 21.9 Å². The molecule has 0 fully saturated rings. The molecule has 0 bridgehead atoms. The third kappa shape index (κ3) is 3.22. The van der Waals surface area contributed by atoms with Crippen molar-refractivity contribution in [3.05, 3.63) is 22.6 Å². The zero-order chi connectivity index (χ0) is 10.1. The van der Waals surface area contributed by atoms with Gasteiger partial charge in [0.25, 0.3) is 0 Å². The van der Waals surface area contributed by atoms with Gasteiger partial charge in [-0.3, -0.25) is 0 Å². The zero-order valence-corrected chi connectivity index (χ0v) is 9.34. The van der Waals surface area contributed by atoms with Crippen molar-refractivity contribution in [1.82, 2.24) is 0 Å². The summed E-state index contributed by atoms with van der Waals surface area (Å²) < 4.78 is 10.8. The molecule has 0 saturated heterocycles. The Morgan fingerprint density at radius 3 is 2.54 bits per heavy atom. The highest BCUT2D eigenvalue weighted by atomic mass is 79.9. The number of carbonyl (C=O) groups excluding carboxylic acids is 1. The summed E-state index contributed by atoms with van der Waals surface area (Å²) in [6, 6.07) is 1.58. The highest BCUT2D eigenvalue weighted by Crippen LogP contribution is 2.17. The lowest BCUT2D eigenvalue weighted by atomic mass is 10.2. The zero-order valence-electron chi connectivity index (χ0n) is 7.76. The Kier molecular flexibility index (Phi) is 2.81. The lowest BCUT2D eigenvalue weighted by Gasteiger charge is -2.18. The van der Waals surface area contributed by atoms with E-state index in [4.69, 9.17) is 9.15 Å². The van der Waals surface area contributed by atoms with Gasteiger partial charge in [-0.2, -0.15) is 0 Å². The molecule has 0 aromatic carbocycles. The van der Waals surface area contributed by atoms with Crippen LogP contribution in [0.4, 0.5) is 0 Å². The van der Waals surface area contributed by atoms with Crippen LogP contribution in [0.15, 0.2) is 21.2 Å². The molecule has 0 amide bonds. The van der Waals surface area contributed by atoms with Crippen molar-refractivity contribution in [2.24, 2.45) is 0 Å². The molecule has 0 N–H and O–H groups in total. The van der Waals surface area contributed by atoms with E-state index < -0.39 is 11.6 Å². The Morgan fingerprint density at radius 2 is 2.15 bits per heavy atom. The SMILES string of the molecule is CC(C)(C)OC(=O)c1cc(Br)co1. The van der Waals surface area contributed by atoms with Gasteiger partial charge in [0.05, 0.1) is 4.47 Å². The van der Waals surface area contributed by atoms with E-state index in [-0.39, 0.29) is 5.76 Å². The van der Waals surface area contributed by atoms with Gasteiger partial charge >= 0.3 is 5.97 Å². The number of halogens is 1. The molecule has 0 aliphatic heterocycles. The smallest absolute Gasteiger partial charge is 0.374 e. The number of esters is 1. The molecule has 0 spiro atoms. The fourth-order valence-electron chi connectivity index (χ4n) is 0.748. The van der Waals surface area contributed by atoms with E-state index in [0.717, 1.165) is 4.47 Å². The summed E-state index contributed by atoms with van der Waals surface area (Å²) in [6.45, 7) is 5.43. The summed E-state index contributed by atoms with van der Waals surface area (Å²) >= 11 is 3.18. The molecule has 72 valence electrons. The summed E-state index contributed by atoms with van der Waals surface area (Å²) in [5.41, 5.74) is -0.490. The average Bonchev–Trinajstić information content (AvgIpc) is 2.31. The molecule has 0 aliphatic rings. The molecule has 4 heteroatoms. The Balaban J connectivity index is 2.70. The minimum atomic E-state index is -0.490. The molecule has 0 unspecified atom stereocenters. The maximum absolute atomic E-state index is 11.3. The normalized spacial score (nSPS) is 11.4. The van der Waals surface area contributed by atoms with Gasteiger partial charge < -0.3 is 9.15 Å². The van der Waals surface area contributed by atoms with Crippen LogP contribution in [0.3, 0.4) is 0 Å². The molecule has 13 heavy (non-hydrogen) atoms. The summed E-state index contributed by atoms with van der Waals surface area (Å²) in [5.74, 6) is -0.236. The molecular formula is C9H11BrO3. The topological polar surface area (TPSA) is 39.4 Å². The van der Waals surface area contributed by atoms with Crippen molar-refractivity contribution in [1.29, 1.82) is 0 Å². The molecule has 1 rings (SSSR count). The van der Waals surface area contributed by atoms with E-state index in [9.17, 15) is 4.79 Å². The molecule has 3 nitrogen and oxygen atoms in total. The Labute approximate surface area is 85.2 Å². The third-order valence-corrected chi connectivity index (χ3v) is 1.58. The number of furan rings is 1. The van der Waals surface area contributed by atoms with E-state index in [1.165, 1.54) is 6.26 Å². The Bertz CT molecular complexity index is 309. The van der Waals surface area contributed by atoms with Crippen LogP contribution in [0.5, 0.6) is 0 Å². The molecule has 0 radical (unpaired) electrons. The monoisotopic (exact) mass is 246 g/mol. The fraction of sp³-hybridized carbons (Fsp3) is 0.444. The minimum Gasteiger partial charge on any atom is -0.456 e. The van der Waals surface area contributed by atoms with Crippen LogP contribution in [0, 0.1) is 0 Å². The maximum atomic E-state index is 11.3. The van der Waals surface area contributed by atoms with Gasteiger partial charge in [0.2, 0.25) is 5.76 Å². The predicted octanol–water partition coefficient (Wildman–Crippen LogP) is 3.00. The third-order valence-electron chi connectivity index (χ3n) is 1.17. The summed E-state index contributed by atoms with van der Waals surface area (Å²) in [4.78, 5) is 11.3. The fourth-order valence-corrected chi connectivity index (χ4v) is 1.05. The minimum absolute atomic E-state index is 0.210. The van der Waals surface area contributed by atoms with Crippen LogP contribution in [0.1, 0.15) is 31.3 Å². The molecule has 1 aromatic heterocycles. The van der Waals surface area contributed by atoms with Gasteiger partial charge in [-0.25, -0.2) is 4.79 Å². The van der Waals surface area contributed by atoms with Gasteiger partial charge in [-0.05, 0) is 36.7 Å². The molecule has 0 aliphatic carbocycles. The van der Waals surface area contributed by atoms with E-state index in [0.29, 0.717) is 0 Å². The second-order valence-electron chi connectivity index (χ2n) is 3.63. The number of ether oxygens (including phenoxy) is 1. The van der Waals surface area contributed by atoms with E-state index in [1.807, 2.05) is 20.8 Å². The molecule has 0 atom stereocenters. The quantitative estimate of drug-likeness (QED) is 0.716. The van der Waals surface area contributed by atoms with E-state index in [2.05, 4.69) is 15.9 Å². The second-order valence-corrected chi connectivity index (χ2v) is 4.55. The van der Waals surface area contributed by atoms with Crippen LogP contribution >= 0.6 is 15.9 Å².